The number of nitrogens with one attached hydrogen (secondary N) is 1. The number of benzene rings is 1. The number of methoxy groups -OCH3 is 1. The van der Waals surface area contributed by atoms with E-state index in [1.165, 1.54) is 12.0 Å². The zero-order valence-electron chi connectivity index (χ0n) is 22.2. The molecule has 2 aliphatic rings. The molecule has 0 bridgehead atoms. The van der Waals surface area contributed by atoms with E-state index >= 15 is 0 Å². The molecular formula is C29H31N5O4S. The fraction of sp³-hybridized carbons (Fsp3) is 0.345. The lowest BCUT2D eigenvalue weighted by Gasteiger charge is -2.34. The number of Topliss-reactive ketones (excluding diaryl/α,β-unsaturated/α-hetero) is 1. The summed E-state index contributed by atoms with van der Waals surface area (Å²) in [4.78, 5) is 56.0. The predicted octanol–water partition coefficient (Wildman–Crippen LogP) is 2.51. The van der Waals surface area contributed by atoms with Gasteiger partial charge in [-0.2, -0.15) is 0 Å². The van der Waals surface area contributed by atoms with Crippen LogP contribution in [0.25, 0.3) is 11.8 Å². The molecule has 1 saturated heterocycles. The summed E-state index contributed by atoms with van der Waals surface area (Å²) >= 11 is 1.63. The molecule has 0 radical (unpaired) electrons. The SMILES string of the molecule is CCC(C)c1ncc(C2C=c3[nH]cc(C(=O)C(=O)N4CCN(C(=O)c5ccccc5)CC4)c3=C(OC)C=N2)s1. The van der Waals surface area contributed by atoms with Crippen LogP contribution in [0, 0.1) is 0 Å². The molecule has 3 aromatic rings. The molecule has 39 heavy (non-hydrogen) atoms. The number of ether oxygens (including phenoxy) is 1. The Labute approximate surface area is 230 Å². The maximum absolute atomic E-state index is 13.4. The third kappa shape index (κ3) is 5.29. The highest BCUT2D eigenvalue weighted by molar-refractivity contribution is 7.11. The molecule has 2 unspecified atom stereocenters. The molecule has 2 aliphatic heterocycles. The van der Waals surface area contributed by atoms with Gasteiger partial charge in [0.25, 0.3) is 17.6 Å². The predicted molar refractivity (Wildman–Crippen MR) is 150 cm³/mol. The molecule has 2 aromatic heterocycles. The number of carbonyl (C=O) groups is 3. The molecule has 1 aromatic carbocycles. The molecule has 202 valence electrons. The highest BCUT2D eigenvalue weighted by Crippen LogP contribution is 2.30. The number of aromatic nitrogens is 2. The van der Waals surface area contributed by atoms with Gasteiger partial charge >= 0.3 is 0 Å². The number of hydrogen-bond donors (Lipinski definition) is 1. The fourth-order valence-corrected chi connectivity index (χ4v) is 5.78. The number of amides is 2. The zero-order chi connectivity index (χ0) is 27.5. The van der Waals surface area contributed by atoms with Crippen LogP contribution in [0.3, 0.4) is 0 Å². The molecular weight excluding hydrogens is 514 g/mol. The third-order valence-electron chi connectivity index (χ3n) is 7.23. The van der Waals surface area contributed by atoms with Crippen molar-refractivity contribution in [3.8, 4) is 0 Å². The van der Waals surface area contributed by atoms with Gasteiger partial charge in [-0.25, -0.2) is 4.98 Å². The Bertz CT molecular complexity index is 1530. The number of aliphatic imine (C=N–C) groups is 1. The van der Waals surface area contributed by atoms with Crippen LogP contribution in [0.4, 0.5) is 0 Å². The molecule has 1 N–H and O–H groups in total. The Hall–Kier alpha value is -4.05. The maximum atomic E-state index is 13.4. The summed E-state index contributed by atoms with van der Waals surface area (Å²) in [5.41, 5.74) is 0.847. The molecule has 0 spiro atoms. The van der Waals surface area contributed by atoms with Crippen molar-refractivity contribution in [3.63, 3.8) is 0 Å². The van der Waals surface area contributed by atoms with Gasteiger partial charge in [0.2, 0.25) is 0 Å². The third-order valence-corrected chi connectivity index (χ3v) is 8.53. The normalized spacial score (nSPS) is 17.7. The minimum Gasteiger partial charge on any atom is -0.494 e. The Morgan fingerprint density at radius 1 is 1.13 bits per heavy atom. The van der Waals surface area contributed by atoms with Gasteiger partial charge in [0, 0.05) is 55.4 Å². The van der Waals surface area contributed by atoms with Crippen LogP contribution in [0.1, 0.15) is 62.8 Å². The molecule has 2 atom stereocenters. The lowest BCUT2D eigenvalue weighted by Crippen LogP contribution is -2.52. The number of H-pyrrole nitrogens is 1. The van der Waals surface area contributed by atoms with Gasteiger partial charge < -0.3 is 19.5 Å². The van der Waals surface area contributed by atoms with E-state index in [0.717, 1.165) is 16.3 Å². The summed E-state index contributed by atoms with van der Waals surface area (Å²) in [5.74, 6) is -0.523. The van der Waals surface area contributed by atoms with Gasteiger partial charge in [0.05, 0.1) is 34.0 Å². The average Bonchev–Trinajstić information content (AvgIpc) is 3.60. The minimum absolute atomic E-state index is 0.0779. The van der Waals surface area contributed by atoms with Crippen LogP contribution in [0.5, 0.6) is 0 Å². The van der Waals surface area contributed by atoms with E-state index in [2.05, 4.69) is 28.8 Å². The van der Waals surface area contributed by atoms with E-state index < -0.39 is 11.7 Å². The highest BCUT2D eigenvalue weighted by atomic mass is 32.1. The molecule has 9 nitrogen and oxygen atoms in total. The average molecular weight is 546 g/mol. The number of aromatic amines is 1. The summed E-state index contributed by atoms with van der Waals surface area (Å²) in [6, 6.07) is 8.76. The quantitative estimate of drug-likeness (QED) is 0.363. The first-order chi connectivity index (χ1) is 18.9. The topological polar surface area (TPSA) is 108 Å². The second kappa shape index (κ2) is 11.4. The first-order valence-electron chi connectivity index (χ1n) is 13.1. The largest absolute Gasteiger partial charge is 0.494 e. The summed E-state index contributed by atoms with van der Waals surface area (Å²) in [6.45, 7) is 5.59. The van der Waals surface area contributed by atoms with E-state index in [1.807, 2.05) is 30.5 Å². The van der Waals surface area contributed by atoms with Crippen LogP contribution in [-0.4, -0.2) is 76.9 Å². The lowest BCUT2D eigenvalue weighted by molar-refractivity contribution is -0.127. The van der Waals surface area contributed by atoms with Crippen molar-refractivity contribution >= 4 is 47.0 Å². The summed E-state index contributed by atoms with van der Waals surface area (Å²) in [5, 5.41) is 2.25. The van der Waals surface area contributed by atoms with Gasteiger partial charge in [0.1, 0.15) is 11.8 Å². The van der Waals surface area contributed by atoms with Crippen molar-refractivity contribution < 1.29 is 19.1 Å². The number of ketones is 1. The minimum atomic E-state index is -0.623. The molecule has 0 saturated carbocycles. The van der Waals surface area contributed by atoms with E-state index in [-0.39, 0.29) is 30.6 Å². The van der Waals surface area contributed by atoms with Gasteiger partial charge in [-0.15, -0.1) is 11.3 Å². The Morgan fingerprint density at radius 2 is 1.85 bits per heavy atom. The zero-order valence-corrected chi connectivity index (χ0v) is 23.0. The highest BCUT2D eigenvalue weighted by Gasteiger charge is 2.30. The van der Waals surface area contributed by atoms with E-state index in [1.54, 1.807) is 40.8 Å². The standard InChI is InChI=1S/C29H31N5O4S/c1-4-18(2)27-32-17-24(39-27)21-14-22-25(23(38-3)16-31-21)20(15-30-22)26(35)29(37)34-12-10-33(11-13-34)28(36)19-8-6-5-7-9-19/h5-9,14-18,21,30H,4,10-13H2,1-3H3. The van der Waals surface area contributed by atoms with Crippen molar-refractivity contribution in [1.29, 1.82) is 0 Å². The number of carbonyl (C=O) groups excluding carboxylic acids is 3. The Kier molecular flexibility index (Phi) is 7.74. The fourth-order valence-electron chi connectivity index (χ4n) is 4.71. The van der Waals surface area contributed by atoms with Crippen LogP contribution >= 0.6 is 11.3 Å². The summed E-state index contributed by atoms with van der Waals surface area (Å²) < 4.78 is 5.59. The van der Waals surface area contributed by atoms with Gasteiger partial charge in [0.15, 0.2) is 0 Å². The molecule has 0 aliphatic carbocycles. The number of rotatable bonds is 7. The van der Waals surface area contributed by atoms with Crippen molar-refractivity contribution in [2.75, 3.05) is 33.3 Å². The number of nitrogens with zero attached hydrogens (tertiary/aromatic N) is 4. The molecule has 1 fully saturated rings. The van der Waals surface area contributed by atoms with Crippen LogP contribution in [0.2, 0.25) is 0 Å². The number of piperazine rings is 1. The number of fused-ring (bicyclic) bond motifs is 1. The van der Waals surface area contributed by atoms with Crippen LogP contribution in [0.15, 0.2) is 47.7 Å². The first kappa shape index (κ1) is 26.6. The summed E-state index contributed by atoms with van der Waals surface area (Å²) in [6.07, 6.45) is 7.95. The van der Waals surface area contributed by atoms with Gasteiger partial charge in [-0.3, -0.25) is 19.4 Å². The smallest absolute Gasteiger partial charge is 0.295 e. The molecule has 4 heterocycles. The molecule has 5 rings (SSSR count). The number of thiazole rings is 1. The van der Waals surface area contributed by atoms with E-state index in [9.17, 15) is 14.4 Å². The van der Waals surface area contributed by atoms with Crippen molar-refractivity contribution in [1.82, 2.24) is 19.8 Å². The molecule has 2 amide bonds. The van der Waals surface area contributed by atoms with Crippen LogP contribution in [-0.2, 0) is 9.53 Å². The van der Waals surface area contributed by atoms with E-state index in [4.69, 9.17) is 4.74 Å². The Balaban J connectivity index is 1.35. The molecule has 10 heteroatoms. The monoisotopic (exact) mass is 545 g/mol. The Morgan fingerprint density at radius 3 is 2.54 bits per heavy atom. The van der Waals surface area contributed by atoms with Crippen molar-refractivity contribution in [3.05, 3.63) is 74.3 Å². The lowest BCUT2D eigenvalue weighted by atomic mass is 10.1. The van der Waals surface area contributed by atoms with Crippen molar-refractivity contribution in [2.24, 2.45) is 4.99 Å². The van der Waals surface area contributed by atoms with Gasteiger partial charge in [-0.05, 0) is 24.6 Å². The first-order valence-corrected chi connectivity index (χ1v) is 13.9. The summed E-state index contributed by atoms with van der Waals surface area (Å²) in [7, 11) is 1.52. The second-order valence-corrected chi connectivity index (χ2v) is 10.7. The van der Waals surface area contributed by atoms with E-state index in [0.29, 0.717) is 40.9 Å². The van der Waals surface area contributed by atoms with Gasteiger partial charge in [-0.1, -0.05) is 32.0 Å². The number of hydrogen-bond acceptors (Lipinski definition) is 7. The van der Waals surface area contributed by atoms with Crippen LogP contribution < -0.4 is 10.6 Å². The maximum Gasteiger partial charge on any atom is 0.295 e. The second-order valence-electron chi connectivity index (χ2n) is 9.64. The van der Waals surface area contributed by atoms with Crippen molar-refractivity contribution in [2.45, 2.75) is 32.2 Å².